The summed E-state index contributed by atoms with van der Waals surface area (Å²) in [6.45, 7) is 2.02. The highest BCUT2D eigenvalue weighted by Crippen LogP contribution is 2.27. The lowest BCUT2D eigenvalue weighted by molar-refractivity contribution is 0.415. The molecule has 1 N–H and O–H groups in total. The van der Waals surface area contributed by atoms with Crippen LogP contribution in [0.1, 0.15) is 16.5 Å². The van der Waals surface area contributed by atoms with Gasteiger partial charge in [0.1, 0.15) is 11.8 Å². The van der Waals surface area contributed by atoms with Crippen molar-refractivity contribution in [2.75, 3.05) is 12.4 Å². The Hall–Kier alpha value is -1.99. The molecule has 0 aliphatic rings. The molecule has 0 saturated heterocycles. The molecule has 1 aromatic carbocycles. The molecule has 1 atom stereocenters. The zero-order valence-corrected chi connectivity index (χ0v) is 11.1. The number of anilines is 1. The molecule has 0 fully saturated rings. The van der Waals surface area contributed by atoms with Crippen molar-refractivity contribution < 1.29 is 4.74 Å². The van der Waals surface area contributed by atoms with Crippen molar-refractivity contribution in [3.8, 4) is 11.8 Å². The van der Waals surface area contributed by atoms with E-state index in [2.05, 4.69) is 11.4 Å². The standard InChI is InChI=1S/C14H14N2OS/c1-10-6-7-18-14(10)13(9-15)16-11-4-3-5-12(8-11)17-2/h3-8,13,16H,1-2H3. The van der Waals surface area contributed by atoms with Crippen molar-refractivity contribution >= 4 is 17.0 Å². The molecule has 0 aliphatic carbocycles. The average Bonchev–Trinajstić information content (AvgIpc) is 2.82. The van der Waals surface area contributed by atoms with E-state index in [9.17, 15) is 5.26 Å². The van der Waals surface area contributed by atoms with Crippen LogP contribution in [0, 0.1) is 18.3 Å². The minimum Gasteiger partial charge on any atom is -0.497 e. The van der Waals surface area contributed by atoms with Crippen LogP contribution in [0.2, 0.25) is 0 Å². The first-order valence-electron chi connectivity index (χ1n) is 5.59. The Kier molecular flexibility index (Phi) is 3.85. The fraction of sp³-hybridized carbons (Fsp3) is 0.214. The van der Waals surface area contributed by atoms with Gasteiger partial charge in [-0.05, 0) is 36.1 Å². The van der Waals surface area contributed by atoms with Crippen LogP contribution < -0.4 is 10.1 Å². The fourth-order valence-corrected chi connectivity index (χ4v) is 2.64. The van der Waals surface area contributed by atoms with Crippen LogP contribution in [-0.2, 0) is 0 Å². The monoisotopic (exact) mass is 258 g/mol. The maximum absolute atomic E-state index is 9.27. The Bertz CT molecular complexity index is 571. The molecule has 0 amide bonds. The Balaban J connectivity index is 2.21. The molecule has 4 heteroatoms. The summed E-state index contributed by atoms with van der Waals surface area (Å²) in [5.74, 6) is 0.777. The number of ether oxygens (including phenoxy) is 1. The van der Waals surface area contributed by atoms with Gasteiger partial charge >= 0.3 is 0 Å². The topological polar surface area (TPSA) is 45.0 Å². The molecular formula is C14H14N2OS. The Labute approximate surface area is 111 Å². The summed E-state index contributed by atoms with van der Waals surface area (Å²) in [5.41, 5.74) is 2.02. The van der Waals surface area contributed by atoms with Crippen LogP contribution in [-0.4, -0.2) is 7.11 Å². The smallest absolute Gasteiger partial charge is 0.149 e. The highest BCUT2D eigenvalue weighted by molar-refractivity contribution is 7.10. The number of aryl methyl sites for hydroxylation is 1. The van der Waals surface area contributed by atoms with E-state index in [1.807, 2.05) is 42.6 Å². The summed E-state index contributed by atoms with van der Waals surface area (Å²) in [4.78, 5) is 1.06. The molecule has 0 radical (unpaired) electrons. The number of nitriles is 1. The summed E-state index contributed by atoms with van der Waals surface area (Å²) >= 11 is 1.60. The summed E-state index contributed by atoms with van der Waals surface area (Å²) in [6, 6.07) is 11.6. The first kappa shape index (κ1) is 12.5. The van der Waals surface area contributed by atoms with Crippen LogP contribution >= 0.6 is 11.3 Å². The second-order valence-corrected chi connectivity index (χ2v) is 4.85. The minimum atomic E-state index is -0.322. The molecule has 18 heavy (non-hydrogen) atoms. The van der Waals surface area contributed by atoms with Crippen LogP contribution in [0.15, 0.2) is 35.7 Å². The number of rotatable bonds is 4. The fourth-order valence-electron chi connectivity index (χ4n) is 1.72. The Morgan fingerprint density at radius 3 is 2.83 bits per heavy atom. The zero-order valence-electron chi connectivity index (χ0n) is 10.3. The van der Waals surface area contributed by atoms with Crippen molar-refractivity contribution in [2.45, 2.75) is 13.0 Å². The molecule has 2 rings (SSSR count). The highest BCUT2D eigenvalue weighted by atomic mass is 32.1. The molecule has 2 aromatic rings. The maximum Gasteiger partial charge on any atom is 0.149 e. The average molecular weight is 258 g/mol. The van der Waals surface area contributed by atoms with E-state index in [-0.39, 0.29) is 6.04 Å². The van der Waals surface area contributed by atoms with Crippen LogP contribution in [0.4, 0.5) is 5.69 Å². The third-order valence-corrected chi connectivity index (χ3v) is 3.76. The van der Waals surface area contributed by atoms with E-state index in [0.29, 0.717) is 0 Å². The SMILES string of the molecule is COc1cccc(NC(C#N)c2sccc2C)c1. The second kappa shape index (κ2) is 5.56. The minimum absolute atomic E-state index is 0.322. The van der Waals surface area contributed by atoms with Gasteiger partial charge in [-0.2, -0.15) is 5.26 Å². The van der Waals surface area contributed by atoms with E-state index >= 15 is 0 Å². The van der Waals surface area contributed by atoms with Gasteiger partial charge in [-0.3, -0.25) is 0 Å². The lowest BCUT2D eigenvalue weighted by atomic mass is 10.1. The van der Waals surface area contributed by atoms with Crippen molar-refractivity contribution in [2.24, 2.45) is 0 Å². The van der Waals surface area contributed by atoms with Crippen LogP contribution in [0.3, 0.4) is 0 Å². The van der Waals surface area contributed by atoms with Crippen molar-refractivity contribution in [3.05, 3.63) is 46.2 Å². The van der Waals surface area contributed by atoms with Crippen LogP contribution in [0.25, 0.3) is 0 Å². The first-order valence-corrected chi connectivity index (χ1v) is 6.46. The maximum atomic E-state index is 9.27. The normalized spacial score (nSPS) is 11.6. The number of thiophene rings is 1. The zero-order chi connectivity index (χ0) is 13.0. The van der Waals surface area contributed by atoms with E-state index in [4.69, 9.17) is 4.74 Å². The van der Waals surface area contributed by atoms with E-state index < -0.39 is 0 Å². The van der Waals surface area contributed by atoms with Crippen molar-refractivity contribution in [3.63, 3.8) is 0 Å². The van der Waals surface area contributed by atoms with Crippen LogP contribution in [0.5, 0.6) is 5.75 Å². The van der Waals surface area contributed by atoms with Crippen molar-refractivity contribution in [1.82, 2.24) is 0 Å². The predicted octanol–water partition coefficient (Wildman–Crippen LogP) is 3.74. The summed E-state index contributed by atoms with van der Waals surface area (Å²) in [5, 5.41) is 14.5. The molecule has 0 saturated carbocycles. The molecule has 1 aromatic heterocycles. The van der Waals surface area contributed by atoms with Gasteiger partial charge in [-0.15, -0.1) is 11.3 Å². The molecular weight excluding hydrogens is 244 g/mol. The molecule has 0 spiro atoms. The van der Waals surface area contributed by atoms with Gasteiger partial charge < -0.3 is 10.1 Å². The second-order valence-electron chi connectivity index (χ2n) is 3.91. The Morgan fingerprint density at radius 2 is 2.22 bits per heavy atom. The number of nitrogens with one attached hydrogen (secondary N) is 1. The van der Waals surface area contributed by atoms with Gasteiger partial charge in [0.15, 0.2) is 0 Å². The molecule has 3 nitrogen and oxygen atoms in total. The largest absolute Gasteiger partial charge is 0.497 e. The summed E-state index contributed by atoms with van der Waals surface area (Å²) in [7, 11) is 1.63. The molecule has 1 unspecified atom stereocenters. The molecule has 1 heterocycles. The number of nitrogens with zero attached hydrogens (tertiary/aromatic N) is 1. The van der Waals surface area contributed by atoms with E-state index in [0.717, 1.165) is 21.9 Å². The number of benzene rings is 1. The number of hydrogen-bond acceptors (Lipinski definition) is 4. The van der Waals surface area contributed by atoms with Crippen molar-refractivity contribution in [1.29, 1.82) is 5.26 Å². The number of methoxy groups -OCH3 is 1. The third-order valence-electron chi connectivity index (χ3n) is 2.67. The van der Waals surface area contributed by atoms with Gasteiger partial charge in [0, 0.05) is 16.6 Å². The molecule has 92 valence electrons. The van der Waals surface area contributed by atoms with Gasteiger partial charge in [0.25, 0.3) is 0 Å². The van der Waals surface area contributed by atoms with E-state index in [1.165, 1.54) is 0 Å². The summed E-state index contributed by atoms with van der Waals surface area (Å²) in [6.07, 6.45) is 0. The Morgan fingerprint density at radius 1 is 1.39 bits per heavy atom. The molecule has 0 aliphatic heterocycles. The van der Waals surface area contributed by atoms with Gasteiger partial charge in [0.05, 0.1) is 13.2 Å². The number of hydrogen-bond donors (Lipinski definition) is 1. The van der Waals surface area contributed by atoms with E-state index in [1.54, 1.807) is 18.4 Å². The lowest BCUT2D eigenvalue weighted by Crippen LogP contribution is -2.07. The molecule has 0 bridgehead atoms. The quantitative estimate of drug-likeness (QED) is 0.908. The van der Waals surface area contributed by atoms with Gasteiger partial charge in [-0.1, -0.05) is 6.07 Å². The highest BCUT2D eigenvalue weighted by Gasteiger charge is 2.14. The lowest BCUT2D eigenvalue weighted by Gasteiger charge is -2.13. The third kappa shape index (κ3) is 2.63. The van der Waals surface area contributed by atoms with Gasteiger partial charge in [0.2, 0.25) is 0 Å². The predicted molar refractivity (Wildman–Crippen MR) is 74.0 cm³/mol. The summed E-state index contributed by atoms with van der Waals surface area (Å²) < 4.78 is 5.16. The van der Waals surface area contributed by atoms with Gasteiger partial charge in [-0.25, -0.2) is 0 Å². The first-order chi connectivity index (χ1) is 8.74.